The van der Waals surface area contributed by atoms with Gasteiger partial charge in [-0.05, 0) is 73.3 Å². The van der Waals surface area contributed by atoms with Crippen molar-refractivity contribution in [3.8, 4) is 0 Å². The number of fused-ring (bicyclic) bond motifs is 2. The average molecular weight is 442 g/mol. The van der Waals surface area contributed by atoms with Crippen LogP contribution in [0.4, 0.5) is 11.4 Å². The lowest BCUT2D eigenvalue weighted by Gasteiger charge is -2.21. The number of carbonyl (C=O) groups is 2. The SMILES string of the molecule is Cc1ccc(C(=O)Nc2ccc(C(=O)N3Cc4cccn4Cc4sccc43)cc2)c(C)c1. The minimum atomic E-state index is -0.155. The summed E-state index contributed by atoms with van der Waals surface area (Å²) >= 11 is 1.67. The molecule has 160 valence electrons. The molecule has 0 atom stereocenters. The monoisotopic (exact) mass is 441 g/mol. The van der Waals surface area contributed by atoms with Crippen molar-refractivity contribution in [1.29, 1.82) is 0 Å². The molecule has 2 aromatic carbocycles. The number of hydrogen-bond donors (Lipinski definition) is 1. The fraction of sp³-hybridized carbons (Fsp3) is 0.154. The quantitative estimate of drug-likeness (QED) is 0.448. The standard InChI is InChI=1S/C26H23N3O2S/c1-17-5-10-22(18(2)14-17)25(30)27-20-8-6-19(7-9-20)26(31)29-15-21-4-3-12-28(21)16-24-23(29)11-13-32-24/h3-14H,15-16H2,1-2H3,(H,27,30). The minimum Gasteiger partial charge on any atom is -0.344 e. The molecule has 0 bridgehead atoms. The third-order valence-corrected chi connectivity index (χ3v) is 6.73. The molecule has 0 saturated carbocycles. The van der Waals surface area contributed by atoms with Crippen LogP contribution < -0.4 is 10.2 Å². The molecule has 0 radical (unpaired) electrons. The first-order valence-electron chi connectivity index (χ1n) is 10.5. The lowest BCUT2D eigenvalue weighted by Crippen LogP contribution is -2.30. The Morgan fingerprint density at radius 1 is 0.969 bits per heavy atom. The third-order valence-electron chi connectivity index (χ3n) is 5.83. The second kappa shape index (κ2) is 8.13. The summed E-state index contributed by atoms with van der Waals surface area (Å²) in [4.78, 5) is 29.1. The van der Waals surface area contributed by atoms with E-state index in [1.165, 1.54) is 4.88 Å². The van der Waals surface area contributed by atoms with Gasteiger partial charge in [-0.3, -0.25) is 9.59 Å². The zero-order valence-corrected chi connectivity index (χ0v) is 18.8. The smallest absolute Gasteiger partial charge is 0.258 e. The van der Waals surface area contributed by atoms with Gasteiger partial charge in [0, 0.05) is 33.6 Å². The summed E-state index contributed by atoms with van der Waals surface area (Å²) in [7, 11) is 0. The van der Waals surface area contributed by atoms with Crippen LogP contribution in [-0.4, -0.2) is 16.4 Å². The van der Waals surface area contributed by atoms with Crippen LogP contribution in [0.1, 0.15) is 42.4 Å². The van der Waals surface area contributed by atoms with E-state index in [0.717, 1.165) is 29.1 Å². The third kappa shape index (κ3) is 3.74. The Balaban J connectivity index is 1.36. The Kier molecular flexibility index (Phi) is 5.15. The molecule has 5 nitrogen and oxygen atoms in total. The van der Waals surface area contributed by atoms with E-state index in [1.54, 1.807) is 35.6 Å². The van der Waals surface area contributed by atoms with Crippen LogP contribution in [0, 0.1) is 13.8 Å². The molecule has 0 aliphatic carbocycles. The van der Waals surface area contributed by atoms with E-state index < -0.39 is 0 Å². The predicted octanol–water partition coefficient (Wildman–Crippen LogP) is 5.63. The summed E-state index contributed by atoms with van der Waals surface area (Å²) in [6.07, 6.45) is 2.06. The van der Waals surface area contributed by atoms with Crippen molar-refractivity contribution in [2.45, 2.75) is 26.9 Å². The molecule has 6 heteroatoms. The van der Waals surface area contributed by atoms with E-state index in [1.807, 2.05) is 54.5 Å². The number of rotatable bonds is 3. The zero-order chi connectivity index (χ0) is 22.2. The van der Waals surface area contributed by atoms with Crippen molar-refractivity contribution < 1.29 is 9.59 Å². The fourth-order valence-electron chi connectivity index (χ4n) is 4.14. The lowest BCUT2D eigenvalue weighted by molar-refractivity contribution is 0.0984. The highest BCUT2D eigenvalue weighted by Crippen LogP contribution is 2.33. The molecule has 0 fully saturated rings. The Bertz CT molecular complexity index is 1320. The summed E-state index contributed by atoms with van der Waals surface area (Å²) < 4.78 is 2.19. The van der Waals surface area contributed by atoms with Gasteiger partial charge in [0.25, 0.3) is 11.8 Å². The van der Waals surface area contributed by atoms with Crippen molar-refractivity contribution in [2.24, 2.45) is 0 Å². The van der Waals surface area contributed by atoms with E-state index in [9.17, 15) is 9.59 Å². The first-order valence-corrected chi connectivity index (χ1v) is 11.4. The maximum absolute atomic E-state index is 13.4. The Morgan fingerprint density at radius 3 is 2.56 bits per heavy atom. The minimum absolute atomic E-state index is 0.0495. The molecule has 0 spiro atoms. The molecule has 1 N–H and O–H groups in total. The highest BCUT2D eigenvalue weighted by molar-refractivity contribution is 7.10. The molecule has 3 heterocycles. The van der Waals surface area contributed by atoms with Crippen LogP contribution in [0.25, 0.3) is 0 Å². The number of thiophene rings is 1. The predicted molar refractivity (Wildman–Crippen MR) is 129 cm³/mol. The largest absolute Gasteiger partial charge is 0.344 e. The summed E-state index contributed by atoms with van der Waals surface area (Å²) in [5, 5.41) is 4.96. The van der Waals surface area contributed by atoms with Gasteiger partial charge in [-0.15, -0.1) is 11.3 Å². The summed E-state index contributed by atoms with van der Waals surface area (Å²) in [6.45, 7) is 5.24. The van der Waals surface area contributed by atoms with E-state index in [0.29, 0.717) is 23.4 Å². The number of hydrogen-bond acceptors (Lipinski definition) is 3. The van der Waals surface area contributed by atoms with Crippen molar-refractivity contribution in [3.05, 3.63) is 105 Å². The molecule has 2 amide bonds. The van der Waals surface area contributed by atoms with E-state index >= 15 is 0 Å². The molecule has 1 aliphatic rings. The first kappa shape index (κ1) is 20.3. The summed E-state index contributed by atoms with van der Waals surface area (Å²) in [5.41, 5.74) is 6.03. The molecule has 2 aromatic heterocycles. The lowest BCUT2D eigenvalue weighted by atomic mass is 10.1. The highest BCUT2D eigenvalue weighted by atomic mass is 32.1. The van der Waals surface area contributed by atoms with Gasteiger partial charge in [0.1, 0.15) is 0 Å². The van der Waals surface area contributed by atoms with Gasteiger partial charge in [-0.2, -0.15) is 0 Å². The number of aryl methyl sites for hydroxylation is 2. The second-order valence-electron chi connectivity index (χ2n) is 8.10. The maximum Gasteiger partial charge on any atom is 0.258 e. The van der Waals surface area contributed by atoms with Gasteiger partial charge >= 0.3 is 0 Å². The summed E-state index contributed by atoms with van der Waals surface area (Å²) in [5.74, 6) is -0.204. The number of aromatic nitrogens is 1. The molecule has 32 heavy (non-hydrogen) atoms. The number of anilines is 2. The summed E-state index contributed by atoms with van der Waals surface area (Å²) in [6, 6.07) is 19.0. The zero-order valence-electron chi connectivity index (χ0n) is 18.0. The van der Waals surface area contributed by atoms with E-state index in [4.69, 9.17) is 0 Å². The topological polar surface area (TPSA) is 54.3 Å². The number of amides is 2. The number of carbonyl (C=O) groups excluding carboxylic acids is 2. The molecule has 4 aromatic rings. The van der Waals surface area contributed by atoms with Crippen molar-refractivity contribution in [2.75, 3.05) is 10.2 Å². The molecule has 0 saturated heterocycles. The van der Waals surface area contributed by atoms with Gasteiger partial charge in [0.05, 0.1) is 18.8 Å². The molecule has 1 aliphatic heterocycles. The van der Waals surface area contributed by atoms with Gasteiger partial charge in [0.2, 0.25) is 0 Å². The first-order chi connectivity index (χ1) is 15.5. The van der Waals surface area contributed by atoms with Crippen molar-refractivity contribution in [1.82, 2.24) is 4.57 Å². The van der Waals surface area contributed by atoms with Gasteiger partial charge < -0.3 is 14.8 Å². The molecule has 0 unspecified atom stereocenters. The molecule has 5 rings (SSSR count). The Morgan fingerprint density at radius 2 is 1.78 bits per heavy atom. The molecular formula is C26H23N3O2S. The Hall–Kier alpha value is -3.64. The van der Waals surface area contributed by atoms with E-state index in [-0.39, 0.29) is 11.8 Å². The number of nitrogens with zero attached hydrogens (tertiary/aromatic N) is 2. The van der Waals surface area contributed by atoms with Crippen molar-refractivity contribution in [3.63, 3.8) is 0 Å². The number of benzene rings is 2. The van der Waals surface area contributed by atoms with Gasteiger partial charge in [0.15, 0.2) is 0 Å². The van der Waals surface area contributed by atoms with Crippen LogP contribution >= 0.6 is 11.3 Å². The van der Waals surface area contributed by atoms with Crippen LogP contribution in [0.3, 0.4) is 0 Å². The van der Waals surface area contributed by atoms with Crippen molar-refractivity contribution >= 4 is 34.5 Å². The van der Waals surface area contributed by atoms with Crippen LogP contribution in [0.5, 0.6) is 0 Å². The fourth-order valence-corrected chi connectivity index (χ4v) is 5.02. The Labute approximate surface area is 190 Å². The average Bonchev–Trinajstić information content (AvgIpc) is 3.39. The van der Waals surface area contributed by atoms with Gasteiger partial charge in [-0.25, -0.2) is 0 Å². The van der Waals surface area contributed by atoms with E-state index in [2.05, 4.69) is 22.1 Å². The second-order valence-corrected chi connectivity index (χ2v) is 9.10. The molecular weight excluding hydrogens is 418 g/mol. The maximum atomic E-state index is 13.4. The highest BCUT2D eigenvalue weighted by Gasteiger charge is 2.25. The van der Waals surface area contributed by atoms with Crippen LogP contribution in [0.2, 0.25) is 0 Å². The van der Waals surface area contributed by atoms with Crippen LogP contribution in [0.15, 0.2) is 72.2 Å². The number of nitrogens with one attached hydrogen (secondary N) is 1. The van der Waals surface area contributed by atoms with Crippen LogP contribution in [-0.2, 0) is 13.1 Å². The normalized spacial score (nSPS) is 12.6. The van der Waals surface area contributed by atoms with Gasteiger partial charge in [-0.1, -0.05) is 17.7 Å².